The number of nitrogens with zero attached hydrogens (tertiary/aromatic N) is 3. The summed E-state index contributed by atoms with van der Waals surface area (Å²) in [7, 11) is 0. The average molecular weight is 421 g/mol. The quantitative estimate of drug-likeness (QED) is 0.232. The molecule has 0 spiro atoms. The number of non-ortho nitro benzene ring substituents is 1. The first kappa shape index (κ1) is 20.4. The number of aryl methyl sites for hydroxylation is 2. The topological polar surface area (TPSA) is 125 Å². The van der Waals surface area contributed by atoms with Gasteiger partial charge < -0.3 is 9.15 Å². The minimum atomic E-state index is -0.537. The minimum Gasteiger partial charge on any atom is -0.456 e. The molecule has 158 valence electrons. The highest BCUT2D eigenvalue weighted by atomic mass is 16.6. The third-order valence-corrected chi connectivity index (χ3v) is 5.13. The number of esters is 1. The first-order chi connectivity index (χ1) is 15.0. The van der Waals surface area contributed by atoms with Gasteiger partial charge in [-0.15, -0.1) is 10.2 Å². The van der Waals surface area contributed by atoms with Gasteiger partial charge in [0.25, 0.3) is 11.6 Å². The van der Waals surface area contributed by atoms with Gasteiger partial charge in [0.2, 0.25) is 5.89 Å². The van der Waals surface area contributed by atoms with Crippen LogP contribution < -0.4 is 0 Å². The van der Waals surface area contributed by atoms with Crippen molar-refractivity contribution in [2.75, 3.05) is 0 Å². The molecule has 3 aromatic rings. The highest BCUT2D eigenvalue weighted by Crippen LogP contribution is 2.24. The molecule has 0 atom stereocenters. The van der Waals surface area contributed by atoms with Crippen molar-refractivity contribution in [3.63, 3.8) is 0 Å². The molecule has 2 aromatic carbocycles. The van der Waals surface area contributed by atoms with E-state index in [1.807, 2.05) is 18.2 Å². The summed E-state index contributed by atoms with van der Waals surface area (Å²) < 4.78 is 10.5. The van der Waals surface area contributed by atoms with Gasteiger partial charge in [0.15, 0.2) is 12.4 Å². The molecule has 0 amide bonds. The molecule has 1 aliphatic carbocycles. The lowest BCUT2D eigenvalue weighted by Gasteiger charge is -2.05. The Labute approximate surface area is 177 Å². The molecule has 0 fully saturated rings. The van der Waals surface area contributed by atoms with E-state index in [4.69, 9.17) is 9.15 Å². The van der Waals surface area contributed by atoms with Gasteiger partial charge in [-0.05, 0) is 48.6 Å². The van der Waals surface area contributed by atoms with Crippen molar-refractivity contribution >= 4 is 17.4 Å². The molecule has 0 N–H and O–H groups in total. The van der Waals surface area contributed by atoms with Crippen molar-refractivity contribution in [1.29, 1.82) is 0 Å². The Morgan fingerprint density at radius 3 is 2.58 bits per heavy atom. The van der Waals surface area contributed by atoms with Crippen molar-refractivity contribution in [2.45, 2.75) is 38.7 Å². The smallest absolute Gasteiger partial charge is 0.306 e. The fourth-order valence-corrected chi connectivity index (χ4v) is 3.47. The predicted molar refractivity (Wildman–Crippen MR) is 108 cm³/mol. The fraction of sp³-hybridized carbons (Fsp3) is 0.273. The molecule has 0 saturated heterocycles. The number of carbonyl (C=O) groups is 2. The zero-order valence-electron chi connectivity index (χ0n) is 16.6. The van der Waals surface area contributed by atoms with Crippen molar-refractivity contribution in [3.8, 4) is 11.5 Å². The number of ketones is 1. The molecule has 1 aromatic heterocycles. The number of nitro benzene ring substituents is 1. The maximum atomic E-state index is 12.4. The number of rotatable bonds is 8. The number of hydrogen-bond acceptors (Lipinski definition) is 8. The van der Waals surface area contributed by atoms with E-state index in [0.29, 0.717) is 11.1 Å². The van der Waals surface area contributed by atoms with Gasteiger partial charge in [0, 0.05) is 29.7 Å². The zero-order valence-corrected chi connectivity index (χ0v) is 16.6. The number of ether oxygens (including phenoxy) is 1. The summed E-state index contributed by atoms with van der Waals surface area (Å²) in [6.45, 7) is -0.216. The van der Waals surface area contributed by atoms with Crippen molar-refractivity contribution in [2.24, 2.45) is 0 Å². The van der Waals surface area contributed by atoms with Gasteiger partial charge in [0.1, 0.15) is 0 Å². The number of hydrogen-bond donors (Lipinski definition) is 0. The molecule has 9 heteroatoms. The first-order valence-electron chi connectivity index (χ1n) is 9.87. The van der Waals surface area contributed by atoms with E-state index in [1.165, 1.54) is 35.4 Å². The Morgan fingerprint density at radius 1 is 1.03 bits per heavy atom. The van der Waals surface area contributed by atoms with Crippen molar-refractivity contribution in [3.05, 3.63) is 75.2 Å². The number of carbonyl (C=O) groups excluding carboxylic acids is 2. The normalized spacial score (nSPS) is 12.4. The van der Waals surface area contributed by atoms with Crippen LogP contribution >= 0.6 is 0 Å². The fourth-order valence-electron chi connectivity index (χ4n) is 3.47. The first-order valence-corrected chi connectivity index (χ1v) is 9.87. The van der Waals surface area contributed by atoms with Crippen LogP contribution in [0.5, 0.6) is 0 Å². The summed E-state index contributed by atoms with van der Waals surface area (Å²) in [6, 6.07) is 11.4. The van der Waals surface area contributed by atoms with Gasteiger partial charge in [-0.3, -0.25) is 19.7 Å². The summed E-state index contributed by atoms with van der Waals surface area (Å²) >= 11 is 0. The van der Waals surface area contributed by atoms with Crippen LogP contribution in [0.4, 0.5) is 5.69 Å². The predicted octanol–water partition coefficient (Wildman–Crippen LogP) is 3.84. The molecule has 0 saturated carbocycles. The molecule has 0 bridgehead atoms. The van der Waals surface area contributed by atoms with Crippen molar-refractivity contribution < 1.29 is 23.7 Å². The van der Waals surface area contributed by atoms with E-state index in [9.17, 15) is 19.7 Å². The van der Waals surface area contributed by atoms with Crippen LogP contribution in [0.15, 0.2) is 46.9 Å². The van der Waals surface area contributed by atoms with Gasteiger partial charge in [-0.1, -0.05) is 12.1 Å². The SMILES string of the molecule is O=C(CCC(=O)c1ccc2c(c1)CCC2)OCc1nnc(-c2ccc([N+](=O)[O-])cc2)o1. The monoisotopic (exact) mass is 421 g/mol. The molecule has 1 heterocycles. The highest BCUT2D eigenvalue weighted by Gasteiger charge is 2.16. The third kappa shape index (κ3) is 4.82. The van der Waals surface area contributed by atoms with Crippen LogP contribution in [0.1, 0.15) is 46.6 Å². The lowest BCUT2D eigenvalue weighted by Crippen LogP contribution is -2.08. The van der Waals surface area contributed by atoms with Crippen LogP contribution in [-0.2, 0) is 29.0 Å². The Morgan fingerprint density at radius 2 is 1.81 bits per heavy atom. The Bertz CT molecular complexity index is 1140. The van der Waals surface area contributed by atoms with Gasteiger partial charge >= 0.3 is 5.97 Å². The second kappa shape index (κ2) is 8.86. The lowest BCUT2D eigenvalue weighted by atomic mass is 10.0. The number of nitro groups is 1. The Hall–Kier alpha value is -3.88. The molecule has 0 radical (unpaired) electrons. The summed E-state index contributed by atoms with van der Waals surface area (Å²) in [5, 5.41) is 18.4. The summed E-state index contributed by atoms with van der Waals surface area (Å²) in [5.74, 6) is -0.381. The molecule has 1 aliphatic rings. The van der Waals surface area contributed by atoms with Crippen molar-refractivity contribution in [1.82, 2.24) is 10.2 Å². The lowest BCUT2D eigenvalue weighted by molar-refractivity contribution is -0.384. The highest BCUT2D eigenvalue weighted by molar-refractivity contribution is 5.97. The standard InChI is InChI=1S/C22H19N3O6/c26-19(17-5-4-14-2-1-3-16(14)12-17)10-11-21(27)30-13-20-23-24-22(31-20)15-6-8-18(9-7-15)25(28)29/h4-9,12H,1-3,10-11,13H2. The summed E-state index contributed by atoms with van der Waals surface area (Å²) in [5.41, 5.74) is 3.60. The summed E-state index contributed by atoms with van der Waals surface area (Å²) in [6.07, 6.45) is 3.18. The number of Topliss-reactive ketones (excluding diaryl/α,β-unsaturated/α-hetero) is 1. The largest absolute Gasteiger partial charge is 0.456 e. The molecule has 9 nitrogen and oxygen atoms in total. The molecule has 31 heavy (non-hydrogen) atoms. The van der Waals surface area contributed by atoms with Gasteiger partial charge in [-0.2, -0.15) is 0 Å². The van der Waals surface area contributed by atoms with E-state index in [0.717, 1.165) is 19.3 Å². The maximum Gasteiger partial charge on any atom is 0.306 e. The van der Waals surface area contributed by atoms with Crippen LogP contribution in [0.2, 0.25) is 0 Å². The van der Waals surface area contributed by atoms with Crippen LogP contribution in [0.3, 0.4) is 0 Å². The van der Waals surface area contributed by atoms with E-state index in [2.05, 4.69) is 10.2 Å². The summed E-state index contributed by atoms with van der Waals surface area (Å²) in [4.78, 5) is 34.6. The molecule has 4 rings (SSSR count). The molecule has 0 aliphatic heterocycles. The number of fused-ring (bicyclic) bond motifs is 1. The van der Waals surface area contributed by atoms with Crippen LogP contribution in [0.25, 0.3) is 11.5 Å². The Kier molecular flexibility index (Phi) is 5.83. The molecular weight excluding hydrogens is 402 g/mol. The van der Waals surface area contributed by atoms with Gasteiger partial charge in [-0.25, -0.2) is 0 Å². The molecule has 0 unspecified atom stereocenters. The van der Waals surface area contributed by atoms with Gasteiger partial charge in [0.05, 0.1) is 11.3 Å². The van der Waals surface area contributed by atoms with E-state index >= 15 is 0 Å². The maximum absolute atomic E-state index is 12.4. The number of aromatic nitrogens is 2. The second-order valence-electron chi connectivity index (χ2n) is 7.23. The second-order valence-corrected chi connectivity index (χ2v) is 7.23. The Balaban J connectivity index is 1.26. The van der Waals surface area contributed by atoms with E-state index in [-0.39, 0.29) is 42.7 Å². The molecular formula is C22H19N3O6. The van der Waals surface area contributed by atoms with E-state index < -0.39 is 10.9 Å². The number of benzene rings is 2. The van der Waals surface area contributed by atoms with Crippen LogP contribution in [0, 0.1) is 10.1 Å². The third-order valence-electron chi connectivity index (χ3n) is 5.13. The minimum absolute atomic E-state index is 0.0424. The average Bonchev–Trinajstić information content (AvgIpc) is 3.45. The zero-order chi connectivity index (χ0) is 21.8. The van der Waals surface area contributed by atoms with E-state index in [1.54, 1.807) is 0 Å². The van der Waals surface area contributed by atoms with Crippen LogP contribution in [-0.4, -0.2) is 26.9 Å².